The van der Waals surface area contributed by atoms with E-state index in [1.165, 1.54) is 70.6 Å². The second-order valence-electron chi connectivity index (χ2n) is 4.52. The lowest BCUT2D eigenvalue weighted by Gasteiger charge is -2.12. The number of hydrogen-bond donors (Lipinski definition) is 1. The first kappa shape index (κ1) is 11.0. The monoisotopic (exact) mass is 183 g/mol. The van der Waals surface area contributed by atoms with Gasteiger partial charge in [-0.15, -0.1) is 0 Å². The molecule has 1 saturated carbocycles. The highest BCUT2D eigenvalue weighted by Crippen LogP contribution is 2.15. The first-order valence-corrected chi connectivity index (χ1v) is 6.15. The highest BCUT2D eigenvalue weighted by Gasteiger charge is 2.03. The third-order valence-electron chi connectivity index (χ3n) is 3.15. The van der Waals surface area contributed by atoms with Crippen LogP contribution in [0, 0.1) is 0 Å². The third kappa shape index (κ3) is 6.09. The molecule has 0 spiro atoms. The first-order valence-electron chi connectivity index (χ1n) is 6.15. The molecule has 0 aromatic heterocycles. The Kier molecular flexibility index (Phi) is 6.26. The second kappa shape index (κ2) is 7.37. The van der Waals surface area contributed by atoms with Crippen molar-refractivity contribution in [3.05, 3.63) is 0 Å². The van der Waals surface area contributed by atoms with Gasteiger partial charge in [-0.1, -0.05) is 57.8 Å². The molecule has 0 aromatic rings. The van der Waals surface area contributed by atoms with Crippen LogP contribution in [0.25, 0.3) is 0 Å². The van der Waals surface area contributed by atoms with Crippen LogP contribution in [0.4, 0.5) is 0 Å². The Hall–Kier alpha value is -0.0400. The van der Waals surface area contributed by atoms with Crippen molar-refractivity contribution in [1.29, 1.82) is 0 Å². The van der Waals surface area contributed by atoms with E-state index in [1.807, 2.05) is 0 Å². The van der Waals surface area contributed by atoms with E-state index in [1.54, 1.807) is 0 Å². The molecule has 13 heavy (non-hydrogen) atoms. The molecular formula is C12H25N. The van der Waals surface area contributed by atoms with E-state index in [-0.39, 0.29) is 0 Å². The zero-order valence-electron chi connectivity index (χ0n) is 8.93. The van der Waals surface area contributed by atoms with Gasteiger partial charge in [0, 0.05) is 6.04 Å². The van der Waals surface area contributed by atoms with Crippen LogP contribution in [0.5, 0.6) is 0 Å². The molecule has 0 saturated heterocycles. The van der Waals surface area contributed by atoms with E-state index >= 15 is 0 Å². The molecule has 78 valence electrons. The van der Waals surface area contributed by atoms with Gasteiger partial charge in [0.15, 0.2) is 0 Å². The first-order chi connectivity index (χ1) is 6.39. The topological polar surface area (TPSA) is 26.0 Å². The summed E-state index contributed by atoms with van der Waals surface area (Å²) in [7, 11) is 0. The summed E-state index contributed by atoms with van der Waals surface area (Å²) in [6.45, 7) is 0. The number of rotatable bonds is 0. The average Bonchev–Trinajstić information content (AvgIpc) is 2.11. The number of hydrogen-bond acceptors (Lipinski definition) is 1. The molecule has 0 aromatic carbocycles. The van der Waals surface area contributed by atoms with Gasteiger partial charge in [-0.25, -0.2) is 0 Å². The van der Waals surface area contributed by atoms with Gasteiger partial charge in [-0.3, -0.25) is 0 Å². The lowest BCUT2D eigenvalue weighted by Crippen LogP contribution is -2.19. The van der Waals surface area contributed by atoms with Crippen molar-refractivity contribution in [1.82, 2.24) is 0 Å². The molecule has 0 atom stereocenters. The molecule has 1 heteroatoms. The summed E-state index contributed by atoms with van der Waals surface area (Å²) >= 11 is 0. The fraction of sp³-hybridized carbons (Fsp3) is 1.00. The lowest BCUT2D eigenvalue weighted by atomic mass is 9.99. The fourth-order valence-corrected chi connectivity index (χ4v) is 2.19. The van der Waals surface area contributed by atoms with Crippen LogP contribution < -0.4 is 5.73 Å². The van der Waals surface area contributed by atoms with E-state index in [0.717, 1.165) is 0 Å². The molecule has 0 unspecified atom stereocenters. The molecule has 0 radical (unpaired) electrons. The van der Waals surface area contributed by atoms with Crippen molar-refractivity contribution in [2.75, 3.05) is 0 Å². The second-order valence-corrected chi connectivity index (χ2v) is 4.52. The van der Waals surface area contributed by atoms with Gasteiger partial charge < -0.3 is 5.73 Å². The van der Waals surface area contributed by atoms with Crippen LogP contribution in [-0.4, -0.2) is 6.04 Å². The summed E-state index contributed by atoms with van der Waals surface area (Å²) in [6.07, 6.45) is 15.3. The molecule has 1 nitrogen and oxygen atoms in total. The predicted molar refractivity (Wildman–Crippen MR) is 58.8 cm³/mol. The van der Waals surface area contributed by atoms with Gasteiger partial charge in [0.05, 0.1) is 0 Å². The molecule has 1 aliphatic carbocycles. The van der Waals surface area contributed by atoms with Crippen LogP contribution >= 0.6 is 0 Å². The lowest BCUT2D eigenvalue weighted by molar-refractivity contribution is 0.465. The van der Waals surface area contributed by atoms with Crippen molar-refractivity contribution in [3.63, 3.8) is 0 Å². The third-order valence-corrected chi connectivity index (χ3v) is 3.15. The molecule has 0 bridgehead atoms. The smallest absolute Gasteiger partial charge is 0.00388 e. The van der Waals surface area contributed by atoms with Crippen LogP contribution in [0.3, 0.4) is 0 Å². The molecular weight excluding hydrogens is 158 g/mol. The van der Waals surface area contributed by atoms with Crippen molar-refractivity contribution < 1.29 is 0 Å². The van der Waals surface area contributed by atoms with Gasteiger partial charge in [-0.05, 0) is 12.8 Å². The van der Waals surface area contributed by atoms with E-state index in [0.29, 0.717) is 6.04 Å². The maximum Gasteiger partial charge on any atom is 0.00388 e. The quantitative estimate of drug-likeness (QED) is 0.610. The SMILES string of the molecule is NC1CCCCCCCCCCC1. The fourth-order valence-electron chi connectivity index (χ4n) is 2.19. The Morgan fingerprint density at radius 1 is 0.538 bits per heavy atom. The molecule has 2 N–H and O–H groups in total. The highest BCUT2D eigenvalue weighted by molar-refractivity contribution is 4.62. The van der Waals surface area contributed by atoms with Gasteiger partial charge in [0.25, 0.3) is 0 Å². The van der Waals surface area contributed by atoms with Crippen LogP contribution in [-0.2, 0) is 0 Å². The summed E-state index contributed by atoms with van der Waals surface area (Å²) in [4.78, 5) is 0. The van der Waals surface area contributed by atoms with Crippen LogP contribution in [0.2, 0.25) is 0 Å². The summed E-state index contributed by atoms with van der Waals surface area (Å²) in [5.74, 6) is 0. The van der Waals surface area contributed by atoms with Gasteiger partial charge in [0.2, 0.25) is 0 Å². The average molecular weight is 183 g/mol. The Morgan fingerprint density at radius 3 is 1.23 bits per heavy atom. The van der Waals surface area contributed by atoms with E-state index in [2.05, 4.69) is 0 Å². The minimum atomic E-state index is 0.499. The molecule has 1 aliphatic rings. The molecule has 0 aliphatic heterocycles. The maximum atomic E-state index is 6.01. The van der Waals surface area contributed by atoms with E-state index in [9.17, 15) is 0 Å². The van der Waals surface area contributed by atoms with Crippen molar-refractivity contribution in [2.24, 2.45) is 5.73 Å². The molecule has 0 amide bonds. The van der Waals surface area contributed by atoms with E-state index in [4.69, 9.17) is 5.73 Å². The van der Waals surface area contributed by atoms with Gasteiger partial charge in [-0.2, -0.15) is 0 Å². The molecule has 1 rings (SSSR count). The standard InChI is InChI=1S/C12H25N/c13-12-10-8-6-4-2-1-3-5-7-9-11-12/h12H,1-11,13H2. The van der Waals surface area contributed by atoms with Crippen LogP contribution in [0.15, 0.2) is 0 Å². The minimum Gasteiger partial charge on any atom is -0.328 e. The largest absolute Gasteiger partial charge is 0.328 e. The zero-order valence-corrected chi connectivity index (χ0v) is 8.93. The van der Waals surface area contributed by atoms with Crippen molar-refractivity contribution in [2.45, 2.75) is 76.7 Å². The number of nitrogens with two attached hydrogens (primary N) is 1. The summed E-state index contributed by atoms with van der Waals surface area (Å²) in [5.41, 5.74) is 6.01. The van der Waals surface area contributed by atoms with Gasteiger partial charge >= 0.3 is 0 Å². The van der Waals surface area contributed by atoms with E-state index < -0.39 is 0 Å². The summed E-state index contributed by atoms with van der Waals surface area (Å²) < 4.78 is 0. The highest BCUT2D eigenvalue weighted by atomic mass is 14.6. The normalized spacial score (nSPS) is 24.7. The Balaban J connectivity index is 2.11. The van der Waals surface area contributed by atoms with Crippen molar-refractivity contribution in [3.8, 4) is 0 Å². The minimum absolute atomic E-state index is 0.499. The van der Waals surface area contributed by atoms with Crippen LogP contribution in [0.1, 0.15) is 70.6 Å². The Labute approximate surface area is 83.1 Å². The Morgan fingerprint density at radius 2 is 0.846 bits per heavy atom. The zero-order chi connectivity index (χ0) is 9.36. The molecule has 1 fully saturated rings. The summed E-state index contributed by atoms with van der Waals surface area (Å²) in [5, 5.41) is 0. The van der Waals surface area contributed by atoms with Gasteiger partial charge in [0.1, 0.15) is 0 Å². The van der Waals surface area contributed by atoms with Crippen molar-refractivity contribution >= 4 is 0 Å². The predicted octanol–water partition coefficient (Wildman–Crippen LogP) is 3.62. The summed E-state index contributed by atoms with van der Waals surface area (Å²) in [6, 6.07) is 0.499. The molecule has 0 heterocycles. The maximum absolute atomic E-state index is 6.01. The Bertz CT molecular complexity index is 99.7.